The zero-order chi connectivity index (χ0) is 26.5. The van der Waals surface area contributed by atoms with Crippen molar-refractivity contribution >= 4 is 17.3 Å². The second-order valence-electron chi connectivity index (χ2n) is 10.6. The van der Waals surface area contributed by atoms with Gasteiger partial charge in [-0.15, -0.1) is 0 Å². The van der Waals surface area contributed by atoms with Crippen molar-refractivity contribution in [3.63, 3.8) is 0 Å². The number of carbonyl (C=O) groups excluding carboxylic acids is 1. The number of methoxy groups -OCH3 is 2. The fourth-order valence-electron chi connectivity index (χ4n) is 6.14. The lowest BCUT2D eigenvalue weighted by molar-refractivity contribution is 0.0175. The van der Waals surface area contributed by atoms with Gasteiger partial charge in [0.2, 0.25) is 0 Å². The SMILES string of the molecule is COc1cccc(OC)c1C(=O)N1CCC(C)(N2CCC(N(c3ccccc3)c3ccccc3)CC2)CC1. The van der Waals surface area contributed by atoms with Gasteiger partial charge in [-0.1, -0.05) is 42.5 Å². The molecule has 0 radical (unpaired) electrons. The lowest BCUT2D eigenvalue weighted by atomic mass is 9.85. The predicted molar refractivity (Wildman–Crippen MR) is 153 cm³/mol. The molecule has 2 aliphatic heterocycles. The summed E-state index contributed by atoms with van der Waals surface area (Å²) in [6.45, 7) is 5.97. The Bertz CT molecular complexity index is 1140. The second-order valence-corrected chi connectivity index (χ2v) is 10.6. The van der Waals surface area contributed by atoms with Crippen LogP contribution in [0.2, 0.25) is 0 Å². The van der Waals surface area contributed by atoms with Crippen LogP contribution in [-0.2, 0) is 0 Å². The van der Waals surface area contributed by atoms with E-state index < -0.39 is 0 Å². The molecule has 0 unspecified atom stereocenters. The average Bonchev–Trinajstić information content (AvgIpc) is 2.98. The Kier molecular flexibility index (Phi) is 7.89. The molecular formula is C32H39N3O3. The van der Waals surface area contributed by atoms with Crippen LogP contribution in [0.25, 0.3) is 0 Å². The summed E-state index contributed by atoms with van der Waals surface area (Å²) in [6.07, 6.45) is 4.14. The molecule has 2 saturated heterocycles. The highest BCUT2D eigenvalue weighted by atomic mass is 16.5. The Morgan fingerprint density at radius 3 is 1.74 bits per heavy atom. The van der Waals surface area contributed by atoms with Crippen molar-refractivity contribution in [1.82, 2.24) is 9.80 Å². The van der Waals surface area contributed by atoms with Crippen LogP contribution < -0.4 is 14.4 Å². The summed E-state index contributed by atoms with van der Waals surface area (Å²) in [5.74, 6) is 1.11. The molecule has 6 heteroatoms. The summed E-state index contributed by atoms with van der Waals surface area (Å²) in [5.41, 5.74) is 3.12. The molecule has 2 heterocycles. The third-order valence-corrected chi connectivity index (χ3v) is 8.43. The third kappa shape index (κ3) is 5.23. The van der Waals surface area contributed by atoms with Gasteiger partial charge in [0, 0.05) is 49.1 Å². The first-order valence-corrected chi connectivity index (χ1v) is 13.7. The molecule has 0 saturated carbocycles. The van der Waals surface area contributed by atoms with Gasteiger partial charge in [0.05, 0.1) is 14.2 Å². The monoisotopic (exact) mass is 513 g/mol. The lowest BCUT2D eigenvalue weighted by Gasteiger charge is -2.50. The van der Waals surface area contributed by atoms with Crippen LogP contribution in [0, 0.1) is 0 Å². The van der Waals surface area contributed by atoms with E-state index in [0.29, 0.717) is 23.1 Å². The Balaban J connectivity index is 1.24. The van der Waals surface area contributed by atoms with Crippen molar-refractivity contribution in [2.75, 3.05) is 45.3 Å². The Labute approximate surface area is 226 Å². The molecule has 1 amide bonds. The van der Waals surface area contributed by atoms with Gasteiger partial charge in [0.1, 0.15) is 17.1 Å². The van der Waals surface area contributed by atoms with E-state index >= 15 is 0 Å². The number of para-hydroxylation sites is 2. The molecule has 0 aromatic heterocycles. The molecule has 0 N–H and O–H groups in total. The maximum absolute atomic E-state index is 13.5. The van der Waals surface area contributed by atoms with Crippen molar-refractivity contribution in [1.29, 1.82) is 0 Å². The zero-order valence-electron chi connectivity index (χ0n) is 22.8. The zero-order valence-corrected chi connectivity index (χ0v) is 22.8. The molecule has 38 heavy (non-hydrogen) atoms. The van der Waals surface area contributed by atoms with Gasteiger partial charge < -0.3 is 19.3 Å². The van der Waals surface area contributed by atoms with Gasteiger partial charge in [-0.2, -0.15) is 0 Å². The molecular weight excluding hydrogens is 474 g/mol. The van der Waals surface area contributed by atoms with Crippen molar-refractivity contribution in [3.8, 4) is 11.5 Å². The van der Waals surface area contributed by atoms with Gasteiger partial charge in [-0.25, -0.2) is 0 Å². The summed E-state index contributed by atoms with van der Waals surface area (Å²) < 4.78 is 11.0. The van der Waals surface area contributed by atoms with Crippen molar-refractivity contribution < 1.29 is 14.3 Å². The maximum atomic E-state index is 13.5. The second kappa shape index (κ2) is 11.5. The Morgan fingerprint density at radius 2 is 1.26 bits per heavy atom. The third-order valence-electron chi connectivity index (χ3n) is 8.43. The number of amides is 1. The molecule has 2 aliphatic rings. The van der Waals surface area contributed by atoms with E-state index in [2.05, 4.69) is 77.4 Å². The van der Waals surface area contributed by atoms with E-state index in [9.17, 15) is 4.79 Å². The smallest absolute Gasteiger partial charge is 0.261 e. The minimum absolute atomic E-state index is 0.0126. The first-order chi connectivity index (χ1) is 18.5. The number of ether oxygens (including phenoxy) is 2. The first-order valence-electron chi connectivity index (χ1n) is 13.7. The molecule has 0 bridgehead atoms. The van der Waals surface area contributed by atoms with Gasteiger partial charge in [0.25, 0.3) is 5.91 Å². The average molecular weight is 514 g/mol. The van der Waals surface area contributed by atoms with Crippen LogP contribution in [0.15, 0.2) is 78.9 Å². The Hall–Kier alpha value is -3.51. The maximum Gasteiger partial charge on any atom is 0.261 e. The number of nitrogens with zero attached hydrogens (tertiary/aromatic N) is 3. The molecule has 5 rings (SSSR count). The number of anilines is 2. The van der Waals surface area contributed by atoms with Crippen molar-refractivity contribution in [3.05, 3.63) is 84.4 Å². The lowest BCUT2D eigenvalue weighted by Crippen LogP contribution is -2.57. The van der Waals surface area contributed by atoms with Crippen LogP contribution in [0.1, 0.15) is 43.0 Å². The molecule has 3 aromatic carbocycles. The van der Waals surface area contributed by atoms with Gasteiger partial charge >= 0.3 is 0 Å². The van der Waals surface area contributed by atoms with Crippen LogP contribution >= 0.6 is 0 Å². The molecule has 6 nitrogen and oxygen atoms in total. The van der Waals surface area contributed by atoms with E-state index in [0.717, 1.165) is 51.9 Å². The first kappa shape index (κ1) is 26.1. The predicted octanol–water partition coefficient (Wildman–Crippen LogP) is 6.00. The van der Waals surface area contributed by atoms with E-state index in [4.69, 9.17) is 9.47 Å². The fraction of sp³-hybridized carbons (Fsp3) is 0.406. The van der Waals surface area contributed by atoms with Gasteiger partial charge in [0.15, 0.2) is 0 Å². The Morgan fingerprint density at radius 1 is 0.763 bits per heavy atom. The molecule has 200 valence electrons. The normalized spacial score (nSPS) is 18.1. The quantitative estimate of drug-likeness (QED) is 0.388. The molecule has 0 spiro atoms. The molecule has 0 atom stereocenters. The topological polar surface area (TPSA) is 45.3 Å². The summed E-state index contributed by atoms with van der Waals surface area (Å²) in [5, 5.41) is 0. The van der Waals surface area contributed by atoms with Crippen LogP contribution in [-0.4, -0.2) is 67.7 Å². The molecule has 3 aromatic rings. The van der Waals surface area contributed by atoms with E-state index in [1.807, 2.05) is 23.1 Å². The number of benzene rings is 3. The summed E-state index contributed by atoms with van der Waals surface area (Å²) >= 11 is 0. The largest absolute Gasteiger partial charge is 0.496 e. The highest BCUT2D eigenvalue weighted by Gasteiger charge is 2.40. The highest BCUT2D eigenvalue weighted by Crippen LogP contribution is 2.37. The van der Waals surface area contributed by atoms with Crippen LogP contribution in [0.5, 0.6) is 11.5 Å². The van der Waals surface area contributed by atoms with E-state index in [1.54, 1.807) is 14.2 Å². The van der Waals surface area contributed by atoms with Gasteiger partial charge in [-0.3, -0.25) is 9.69 Å². The van der Waals surface area contributed by atoms with E-state index in [-0.39, 0.29) is 11.4 Å². The number of carbonyl (C=O) groups is 1. The summed E-state index contributed by atoms with van der Waals surface area (Å²) in [7, 11) is 3.19. The van der Waals surface area contributed by atoms with Crippen molar-refractivity contribution in [2.24, 2.45) is 0 Å². The van der Waals surface area contributed by atoms with E-state index in [1.165, 1.54) is 11.4 Å². The minimum Gasteiger partial charge on any atom is -0.496 e. The standard InChI is InChI=1S/C32H39N3O3/c1-32(19-23-33(24-20-32)31(36)30-28(37-2)15-10-16-29(30)38-3)34-21-17-27(18-22-34)35(25-11-6-4-7-12-25)26-13-8-5-9-14-26/h4-16,27H,17-24H2,1-3H3. The fourth-order valence-corrected chi connectivity index (χ4v) is 6.14. The molecule has 2 fully saturated rings. The minimum atomic E-state index is -0.0126. The number of piperidine rings is 2. The van der Waals surface area contributed by atoms with Crippen LogP contribution in [0.3, 0.4) is 0 Å². The number of hydrogen-bond acceptors (Lipinski definition) is 5. The van der Waals surface area contributed by atoms with Gasteiger partial charge in [-0.05, 0) is 69.0 Å². The number of likely N-dealkylation sites (tertiary alicyclic amines) is 2. The molecule has 0 aliphatic carbocycles. The highest BCUT2D eigenvalue weighted by molar-refractivity contribution is 5.99. The number of hydrogen-bond donors (Lipinski definition) is 0. The summed E-state index contributed by atoms with van der Waals surface area (Å²) in [4.78, 5) is 20.6. The van der Waals surface area contributed by atoms with Crippen LogP contribution in [0.4, 0.5) is 11.4 Å². The number of rotatable bonds is 7. The summed E-state index contributed by atoms with van der Waals surface area (Å²) in [6, 6.07) is 27.4. The van der Waals surface area contributed by atoms with Crippen molar-refractivity contribution in [2.45, 2.75) is 44.2 Å².